The number of aliphatic hydroxyl groups is 1. The van der Waals surface area contributed by atoms with Crippen LogP contribution in [0, 0.1) is 0 Å². The van der Waals surface area contributed by atoms with Gasteiger partial charge in [0.15, 0.2) is 28.7 Å². The van der Waals surface area contributed by atoms with Crippen LogP contribution in [0.2, 0.25) is 0 Å². The highest BCUT2D eigenvalue weighted by atomic mass is 16.7. The fraction of sp³-hybridized carbons (Fsp3) is 0.381. The molecule has 152 valence electrons. The van der Waals surface area contributed by atoms with Gasteiger partial charge in [0.2, 0.25) is 13.6 Å². The smallest absolute Gasteiger partial charge is 0.258 e. The van der Waals surface area contributed by atoms with Crippen LogP contribution < -0.4 is 24.3 Å². The standard InChI is InChI=1S/C21H22N2O6/c1-23(2)6-5-12-7-16-17(28-10-27-16)8-13(12)9-21(25)14-3-4-15-19(29-11-26-15)18(14)20(24)22-21/h3-4,7-8,25H,5-6,9-11H2,1-2H3,(H,22,24)/t21-/m0/s1. The molecule has 1 atom stereocenters. The van der Waals surface area contributed by atoms with E-state index in [0.717, 1.165) is 24.1 Å². The predicted molar refractivity (Wildman–Crippen MR) is 102 cm³/mol. The molecular weight excluding hydrogens is 376 g/mol. The zero-order chi connectivity index (χ0) is 20.2. The second kappa shape index (κ2) is 6.53. The Morgan fingerprint density at radius 3 is 2.48 bits per heavy atom. The average Bonchev–Trinajstić information content (AvgIpc) is 3.37. The van der Waals surface area contributed by atoms with Crippen LogP contribution in [0.4, 0.5) is 0 Å². The zero-order valence-corrected chi connectivity index (χ0v) is 16.3. The normalized spacial score (nSPS) is 20.9. The van der Waals surface area contributed by atoms with E-state index in [1.54, 1.807) is 12.1 Å². The first kappa shape index (κ1) is 18.1. The van der Waals surface area contributed by atoms with Gasteiger partial charge in [0.25, 0.3) is 5.91 Å². The predicted octanol–water partition coefficient (Wildman–Crippen LogP) is 1.38. The number of likely N-dealkylation sites (N-methyl/N-ethyl adjacent to an activating group) is 1. The number of benzene rings is 2. The van der Waals surface area contributed by atoms with Gasteiger partial charge in [-0.25, -0.2) is 0 Å². The van der Waals surface area contributed by atoms with Crippen LogP contribution in [-0.4, -0.2) is 50.1 Å². The fourth-order valence-electron chi connectivity index (χ4n) is 4.04. The van der Waals surface area contributed by atoms with Gasteiger partial charge in [-0.15, -0.1) is 0 Å². The minimum atomic E-state index is -1.55. The summed E-state index contributed by atoms with van der Waals surface area (Å²) in [7, 11) is 4.02. The highest BCUT2D eigenvalue weighted by Crippen LogP contribution is 2.45. The first-order valence-corrected chi connectivity index (χ1v) is 9.49. The van der Waals surface area contributed by atoms with E-state index in [2.05, 4.69) is 10.2 Å². The second-order valence-corrected chi connectivity index (χ2v) is 7.74. The first-order valence-electron chi connectivity index (χ1n) is 9.49. The van der Waals surface area contributed by atoms with Crippen molar-refractivity contribution in [3.05, 3.63) is 46.5 Å². The number of carbonyl (C=O) groups excluding carboxylic acids is 1. The van der Waals surface area contributed by atoms with Crippen molar-refractivity contribution in [1.82, 2.24) is 10.2 Å². The lowest BCUT2D eigenvalue weighted by molar-refractivity contribution is 0.0132. The van der Waals surface area contributed by atoms with E-state index in [-0.39, 0.29) is 25.9 Å². The van der Waals surface area contributed by atoms with Gasteiger partial charge in [-0.3, -0.25) is 4.79 Å². The van der Waals surface area contributed by atoms with Crippen LogP contribution in [0.15, 0.2) is 24.3 Å². The van der Waals surface area contributed by atoms with Crippen molar-refractivity contribution in [1.29, 1.82) is 0 Å². The number of nitrogens with one attached hydrogen (secondary N) is 1. The molecule has 2 aromatic rings. The molecule has 0 saturated carbocycles. The molecule has 5 rings (SSSR count). The Bertz CT molecular complexity index is 1010. The molecule has 0 saturated heterocycles. The van der Waals surface area contributed by atoms with E-state index in [4.69, 9.17) is 18.9 Å². The third kappa shape index (κ3) is 2.95. The Kier molecular flexibility index (Phi) is 4.07. The van der Waals surface area contributed by atoms with Crippen molar-refractivity contribution < 1.29 is 28.8 Å². The molecule has 3 aliphatic heterocycles. The summed E-state index contributed by atoms with van der Waals surface area (Å²) in [6, 6.07) is 7.29. The van der Waals surface area contributed by atoms with E-state index >= 15 is 0 Å². The fourth-order valence-corrected chi connectivity index (χ4v) is 4.04. The maximum absolute atomic E-state index is 12.7. The van der Waals surface area contributed by atoms with Crippen molar-refractivity contribution in [2.24, 2.45) is 0 Å². The van der Waals surface area contributed by atoms with Crippen molar-refractivity contribution in [3.63, 3.8) is 0 Å². The van der Waals surface area contributed by atoms with Gasteiger partial charge in [-0.2, -0.15) is 0 Å². The molecule has 3 aliphatic rings. The number of hydrogen-bond acceptors (Lipinski definition) is 7. The number of carbonyl (C=O) groups is 1. The first-order chi connectivity index (χ1) is 13.9. The van der Waals surface area contributed by atoms with Gasteiger partial charge in [-0.1, -0.05) is 0 Å². The summed E-state index contributed by atoms with van der Waals surface area (Å²) in [6.07, 6.45) is 0.974. The minimum Gasteiger partial charge on any atom is -0.454 e. The Hall–Kier alpha value is -2.97. The topological polar surface area (TPSA) is 89.5 Å². The highest BCUT2D eigenvalue weighted by molar-refractivity contribution is 6.03. The summed E-state index contributed by atoms with van der Waals surface area (Å²) in [6.45, 7) is 1.08. The van der Waals surface area contributed by atoms with E-state index in [9.17, 15) is 9.90 Å². The molecule has 0 spiro atoms. The van der Waals surface area contributed by atoms with Gasteiger partial charge in [0.05, 0.1) is 5.56 Å². The maximum Gasteiger partial charge on any atom is 0.258 e. The number of amides is 1. The molecule has 0 aromatic heterocycles. The third-order valence-electron chi connectivity index (χ3n) is 5.50. The minimum absolute atomic E-state index is 0.0638. The molecule has 0 unspecified atom stereocenters. The number of fused-ring (bicyclic) bond motifs is 4. The number of ether oxygens (including phenoxy) is 4. The van der Waals surface area contributed by atoms with E-state index in [0.29, 0.717) is 34.1 Å². The lowest BCUT2D eigenvalue weighted by atomic mass is 9.91. The third-order valence-corrected chi connectivity index (χ3v) is 5.50. The van der Waals surface area contributed by atoms with Crippen LogP contribution in [-0.2, 0) is 18.6 Å². The summed E-state index contributed by atoms with van der Waals surface area (Å²) >= 11 is 0. The van der Waals surface area contributed by atoms with E-state index in [1.807, 2.05) is 26.2 Å². The summed E-state index contributed by atoms with van der Waals surface area (Å²) in [5.41, 5.74) is 1.21. The maximum atomic E-state index is 12.7. The van der Waals surface area contributed by atoms with Crippen LogP contribution in [0.3, 0.4) is 0 Å². The monoisotopic (exact) mass is 398 g/mol. The van der Waals surface area contributed by atoms with Crippen molar-refractivity contribution >= 4 is 5.91 Å². The highest BCUT2D eigenvalue weighted by Gasteiger charge is 2.45. The Labute approximate surface area is 167 Å². The molecule has 1 amide bonds. The number of hydrogen-bond donors (Lipinski definition) is 2. The second-order valence-electron chi connectivity index (χ2n) is 7.74. The molecule has 8 heteroatoms. The van der Waals surface area contributed by atoms with Gasteiger partial charge in [0.1, 0.15) is 0 Å². The summed E-state index contributed by atoms with van der Waals surface area (Å²) in [5, 5.41) is 14.2. The Morgan fingerprint density at radius 2 is 1.72 bits per heavy atom. The molecule has 0 fully saturated rings. The van der Waals surface area contributed by atoms with Crippen LogP contribution in [0.25, 0.3) is 0 Å². The summed E-state index contributed by atoms with van der Waals surface area (Å²) < 4.78 is 21.9. The SMILES string of the molecule is CN(C)CCc1cc2c(cc1C[C@@]1(O)NC(=O)c3c1ccc1c3OCO1)OCO2. The molecule has 8 nitrogen and oxygen atoms in total. The molecule has 2 aromatic carbocycles. The van der Waals surface area contributed by atoms with Crippen LogP contribution in [0.1, 0.15) is 27.0 Å². The molecular formula is C21H22N2O6. The molecule has 2 N–H and O–H groups in total. The van der Waals surface area contributed by atoms with Gasteiger partial charge < -0.3 is 34.3 Å². The number of nitrogens with zero attached hydrogens (tertiary/aromatic N) is 1. The van der Waals surface area contributed by atoms with Crippen molar-refractivity contribution in [2.45, 2.75) is 18.6 Å². The van der Waals surface area contributed by atoms with Gasteiger partial charge in [-0.05, 0) is 55.9 Å². The quantitative estimate of drug-likeness (QED) is 0.787. The van der Waals surface area contributed by atoms with E-state index < -0.39 is 5.72 Å². The molecule has 0 radical (unpaired) electrons. The van der Waals surface area contributed by atoms with Gasteiger partial charge in [0, 0.05) is 18.5 Å². The van der Waals surface area contributed by atoms with Crippen molar-refractivity contribution in [2.75, 3.05) is 34.2 Å². The molecule has 29 heavy (non-hydrogen) atoms. The Morgan fingerprint density at radius 1 is 1.03 bits per heavy atom. The van der Waals surface area contributed by atoms with Crippen molar-refractivity contribution in [3.8, 4) is 23.0 Å². The Balaban J connectivity index is 1.53. The molecule has 0 aliphatic carbocycles. The van der Waals surface area contributed by atoms with Crippen LogP contribution in [0.5, 0.6) is 23.0 Å². The summed E-state index contributed by atoms with van der Waals surface area (Å²) in [4.78, 5) is 14.8. The lowest BCUT2D eigenvalue weighted by Gasteiger charge is -2.26. The molecule has 0 bridgehead atoms. The lowest BCUT2D eigenvalue weighted by Crippen LogP contribution is -2.41. The molecule has 3 heterocycles. The largest absolute Gasteiger partial charge is 0.454 e. The summed E-state index contributed by atoms with van der Waals surface area (Å²) in [5.74, 6) is 1.87. The zero-order valence-electron chi connectivity index (χ0n) is 16.3. The van der Waals surface area contributed by atoms with Gasteiger partial charge >= 0.3 is 0 Å². The number of rotatable bonds is 5. The van der Waals surface area contributed by atoms with Crippen LogP contribution >= 0.6 is 0 Å². The average molecular weight is 398 g/mol. The van der Waals surface area contributed by atoms with E-state index in [1.165, 1.54) is 0 Å².